The average molecular weight is 312 g/mol. The third-order valence-electron chi connectivity index (χ3n) is 3.61. The molecular formula is C15H22ClN3O2. The summed E-state index contributed by atoms with van der Waals surface area (Å²) in [5.41, 5.74) is 0. The number of carbonyl (C=O) groups is 1. The fraction of sp³-hybridized carbons (Fsp3) is 0.600. The number of carbonyl (C=O) groups excluding carboxylic acids is 1. The van der Waals surface area contributed by atoms with E-state index in [1.54, 1.807) is 12.1 Å². The first-order valence-electron chi connectivity index (χ1n) is 7.46. The molecule has 6 heteroatoms. The topological polar surface area (TPSA) is 63.2 Å². The number of amides is 1. The third-order valence-corrected chi connectivity index (χ3v) is 3.84. The Bertz CT molecular complexity index is 433. The number of nitrogens with zero attached hydrogens (tertiary/aromatic N) is 1. The van der Waals surface area contributed by atoms with Crippen LogP contribution >= 0.6 is 11.6 Å². The normalized spacial score (nSPS) is 15.7. The van der Waals surface area contributed by atoms with Gasteiger partial charge in [0.25, 0.3) is 0 Å². The lowest BCUT2D eigenvalue weighted by atomic mass is 9.93. The minimum atomic E-state index is 0.0983. The van der Waals surface area contributed by atoms with E-state index in [2.05, 4.69) is 15.6 Å². The van der Waals surface area contributed by atoms with Crippen LogP contribution < -0.4 is 15.4 Å². The van der Waals surface area contributed by atoms with Crippen LogP contribution in [0.2, 0.25) is 5.02 Å². The smallest absolute Gasteiger partial charge is 0.220 e. The highest BCUT2D eigenvalue weighted by Gasteiger charge is 2.14. The number of pyridine rings is 1. The molecule has 2 N–H and O–H groups in total. The van der Waals surface area contributed by atoms with E-state index in [1.807, 2.05) is 0 Å². The van der Waals surface area contributed by atoms with E-state index < -0.39 is 0 Å². The first-order valence-corrected chi connectivity index (χ1v) is 7.83. The molecule has 0 bridgehead atoms. The van der Waals surface area contributed by atoms with E-state index in [0.29, 0.717) is 36.4 Å². The summed E-state index contributed by atoms with van der Waals surface area (Å²) in [6.07, 6.45) is 5.47. The highest BCUT2D eigenvalue weighted by Crippen LogP contribution is 2.17. The first kappa shape index (κ1) is 16.0. The standard InChI is InChI=1S/C15H22ClN3O2/c16-13-2-4-15(19-11-13)21-10-9-18-14(20)3-1-12-5-7-17-8-6-12/h2,4,11-12,17H,1,3,5-10H2,(H,18,20). The van der Waals surface area contributed by atoms with Crippen LogP contribution in [-0.2, 0) is 4.79 Å². The molecule has 1 saturated heterocycles. The van der Waals surface area contributed by atoms with E-state index in [4.69, 9.17) is 16.3 Å². The molecule has 0 aliphatic carbocycles. The van der Waals surface area contributed by atoms with Gasteiger partial charge < -0.3 is 15.4 Å². The maximum absolute atomic E-state index is 11.7. The number of rotatable bonds is 7. The van der Waals surface area contributed by atoms with Crippen molar-refractivity contribution in [2.24, 2.45) is 5.92 Å². The predicted octanol–water partition coefficient (Wildman–Crippen LogP) is 2.01. The molecule has 1 aromatic heterocycles. The van der Waals surface area contributed by atoms with E-state index in [9.17, 15) is 4.79 Å². The second-order valence-corrected chi connectivity index (χ2v) is 5.68. The zero-order valence-corrected chi connectivity index (χ0v) is 12.9. The van der Waals surface area contributed by atoms with Crippen LogP contribution in [0.4, 0.5) is 0 Å². The Morgan fingerprint density at radius 2 is 2.24 bits per heavy atom. The number of piperidine rings is 1. The fourth-order valence-electron chi connectivity index (χ4n) is 2.39. The van der Waals surface area contributed by atoms with Crippen LogP contribution in [0.1, 0.15) is 25.7 Å². The maximum Gasteiger partial charge on any atom is 0.220 e. The molecule has 2 rings (SSSR count). The van der Waals surface area contributed by atoms with Crippen molar-refractivity contribution in [3.8, 4) is 5.88 Å². The van der Waals surface area contributed by atoms with Crippen molar-refractivity contribution in [1.29, 1.82) is 0 Å². The van der Waals surface area contributed by atoms with Crippen molar-refractivity contribution in [1.82, 2.24) is 15.6 Å². The van der Waals surface area contributed by atoms with Crippen LogP contribution in [-0.4, -0.2) is 37.1 Å². The lowest BCUT2D eigenvalue weighted by molar-refractivity contribution is -0.121. The van der Waals surface area contributed by atoms with Crippen molar-refractivity contribution < 1.29 is 9.53 Å². The van der Waals surface area contributed by atoms with Crippen molar-refractivity contribution in [3.05, 3.63) is 23.4 Å². The number of halogens is 1. The molecular weight excluding hydrogens is 290 g/mol. The van der Waals surface area contributed by atoms with Crippen molar-refractivity contribution in [2.45, 2.75) is 25.7 Å². The number of hydrogen-bond acceptors (Lipinski definition) is 4. The van der Waals surface area contributed by atoms with Crippen LogP contribution in [0.25, 0.3) is 0 Å². The first-order chi connectivity index (χ1) is 10.2. The van der Waals surface area contributed by atoms with Gasteiger partial charge in [0, 0.05) is 18.7 Å². The molecule has 116 valence electrons. The highest BCUT2D eigenvalue weighted by atomic mass is 35.5. The third kappa shape index (κ3) is 6.31. The van der Waals surface area contributed by atoms with E-state index >= 15 is 0 Å². The van der Waals surface area contributed by atoms with Crippen LogP contribution in [0, 0.1) is 5.92 Å². The second kappa shape index (κ2) is 8.85. The summed E-state index contributed by atoms with van der Waals surface area (Å²) in [7, 11) is 0. The van der Waals surface area contributed by atoms with Crippen molar-refractivity contribution >= 4 is 17.5 Å². The fourth-order valence-corrected chi connectivity index (χ4v) is 2.50. The van der Waals surface area contributed by atoms with Crippen molar-refractivity contribution in [3.63, 3.8) is 0 Å². The van der Waals surface area contributed by atoms with Gasteiger partial charge >= 0.3 is 0 Å². The van der Waals surface area contributed by atoms with Gasteiger partial charge in [-0.05, 0) is 44.3 Å². The van der Waals surface area contributed by atoms with Gasteiger partial charge in [-0.25, -0.2) is 4.98 Å². The van der Waals surface area contributed by atoms with Crippen LogP contribution in [0.3, 0.4) is 0 Å². The quantitative estimate of drug-likeness (QED) is 0.756. The Morgan fingerprint density at radius 3 is 2.95 bits per heavy atom. The number of hydrogen-bond donors (Lipinski definition) is 2. The lowest BCUT2D eigenvalue weighted by Crippen LogP contribution is -2.30. The SMILES string of the molecule is O=C(CCC1CCNCC1)NCCOc1ccc(Cl)cn1. The molecule has 1 fully saturated rings. The Kier molecular flexibility index (Phi) is 6.76. The molecule has 0 aromatic carbocycles. The van der Waals surface area contributed by atoms with E-state index in [-0.39, 0.29) is 5.91 Å². The second-order valence-electron chi connectivity index (χ2n) is 5.25. The molecule has 0 saturated carbocycles. The van der Waals surface area contributed by atoms with E-state index in [1.165, 1.54) is 19.0 Å². The number of nitrogens with one attached hydrogen (secondary N) is 2. The Morgan fingerprint density at radius 1 is 1.43 bits per heavy atom. The lowest BCUT2D eigenvalue weighted by Gasteiger charge is -2.22. The molecule has 0 radical (unpaired) electrons. The maximum atomic E-state index is 11.7. The summed E-state index contributed by atoms with van der Waals surface area (Å²) in [6, 6.07) is 3.43. The van der Waals surface area contributed by atoms with E-state index in [0.717, 1.165) is 19.5 Å². The summed E-state index contributed by atoms with van der Waals surface area (Å²) in [5.74, 6) is 1.30. The highest BCUT2D eigenvalue weighted by molar-refractivity contribution is 6.30. The summed E-state index contributed by atoms with van der Waals surface area (Å²) >= 11 is 5.73. The molecule has 0 unspecified atom stereocenters. The van der Waals surface area contributed by atoms with Gasteiger partial charge in [0.1, 0.15) is 6.61 Å². The average Bonchev–Trinajstić information content (AvgIpc) is 2.52. The van der Waals surface area contributed by atoms with Gasteiger partial charge in [0.2, 0.25) is 11.8 Å². The van der Waals surface area contributed by atoms with Gasteiger partial charge in [-0.1, -0.05) is 11.6 Å². The van der Waals surface area contributed by atoms with Gasteiger partial charge in [-0.2, -0.15) is 0 Å². The molecule has 1 amide bonds. The Labute approximate surface area is 130 Å². The number of aromatic nitrogens is 1. The zero-order valence-electron chi connectivity index (χ0n) is 12.1. The van der Waals surface area contributed by atoms with Gasteiger partial charge in [-0.3, -0.25) is 4.79 Å². The molecule has 1 aliphatic heterocycles. The van der Waals surface area contributed by atoms with Gasteiger partial charge in [0.15, 0.2) is 0 Å². The molecule has 1 aromatic rings. The molecule has 21 heavy (non-hydrogen) atoms. The van der Waals surface area contributed by atoms with Gasteiger partial charge in [-0.15, -0.1) is 0 Å². The minimum absolute atomic E-state index is 0.0983. The van der Waals surface area contributed by atoms with Crippen LogP contribution in [0.5, 0.6) is 5.88 Å². The molecule has 0 spiro atoms. The summed E-state index contributed by atoms with van der Waals surface area (Å²) in [6.45, 7) is 3.06. The Balaban J connectivity index is 1.53. The molecule has 1 aliphatic rings. The number of ether oxygens (including phenoxy) is 1. The van der Waals surface area contributed by atoms with Crippen molar-refractivity contribution in [2.75, 3.05) is 26.2 Å². The summed E-state index contributed by atoms with van der Waals surface area (Å²) < 4.78 is 5.41. The predicted molar refractivity (Wildman–Crippen MR) is 82.6 cm³/mol. The molecule has 5 nitrogen and oxygen atoms in total. The minimum Gasteiger partial charge on any atom is -0.476 e. The molecule has 0 atom stereocenters. The van der Waals surface area contributed by atoms with Crippen LogP contribution in [0.15, 0.2) is 18.3 Å². The Hall–Kier alpha value is -1.33. The molecule has 2 heterocycles. The summed E-state index contributed by atoms with van der Waals surface area (Å²) in [4.78, 5) is 15.7. The zero-order chi connectivity index (χ0) is 14.9. The van der Waals surface area contributed by atoms with Gasteiger partial charge in [0.05, 0.1) is 11.6 Å². The monoisotopic (exact) mass is 311 g/mol. The largest absolute Gasteiger partial charge is 0.476 e. The summed E-state index contributed by atoms with van der Waals surface area (Å²) in [5, 5.41) is 6.78.